The van der Waals surface area contributed by atoms with Crippen LogP contribution in [0.15, 0.2) is 56.8 Å². The summed E-state index contributed by atoms with van der Waals surface area (Å²) in [6.07, 6.45) is 3.95. The highest BCUT2D eigenvalue weighted by Crippen LogP contribution is 2.34. The molecule has 2 aromatic carbocycles. The molecule has 2 aromatic heterocycles. The first-order valence-corrected chi connectivity index (χ1v) is 12.1. The summed E-state index contributed by atoms with van der Waals surface area (Å²) in [5, 5.41) is 4.65. The third kappa shape index (κ3) is 4.20. The van der Waals surface area contributed by atoms with Crippen LogP contribution in [0.1, 0.15) is 31.7 Å². The Kier molecular flexibility index (Phi) is 6.03. The molecule has 0 radical (unpaired) electrons. The van der Waals surface area contributed by atoms with Gasteiger partial charge in [0.15, 0.2) is 5.16 Å². The van der Waals surface area contributed by atoms with E-state index >= 15 is 0 Å². The van der Waals surface area contributed by atoms with E-state index in [1.807, 2.05) is 24.3 Å². The number of halogens is 1. The van der Waals surface area contributed by atoms with Crippen molar-refractivity contribution in [3.63, 3.8) is 0 Å². The molecule has 0 bridgehead atoms. The summed E-state index contributed by atoms with van der Waals surface area (Å²) in [4.78, 5) is 31.0. The zero-order valence-corrected chi connectivity index (χ0v) is 19.5. The first kappa shape index (κ1) is 21.9. The lowest BCUT2D eigenvalue weighted by Gasteiger charge is -2.17. The number of fused-ring (bicyclic) bond motifs is 3. The minimum absolute atomic E-state index is 0.0567. The number of methoxy groups -OCH3 is 1. The number of carbonyl (C=O) groups excluding carboxylic acids is 1. The number of hydrogen-bond acceptors (Lipinski definition) is 6. The molecule has 170 valence electrons. The Hall–Kier alpha value is -2.97. The Balaban J connectivity index is 1.48. The number of benzene rings is 2. The van der Waals surface area contributed by atoms with Crippen LogP contribution in [0.5, 0.6) is 5.75 Å². The van der Waals surface area contributed by atoms with E-state index in [9.17, 15) is 9.59 Å². The van der Waals surface area contributed by atoms with Crippen molar-refractivity contribution >= 4 is 57.0 Å². The summed E-state index contributed by atoms with van der Waals surface area (Å²) < 4.78 is 12.9. The smallest absolute Gasteiger partial charge is 0.298 e. The van der Waals surface area contributed by atoms with Crippen LogP contribution in [0.2, 0.25) is 5.02 Å². The first-order valence-electron chi connectivity index (χ1n) is 10.7. The summed E-state index contributed by atoms with van der Waals surface area (Å²) in [5.74, 6) is 0.353. The molecular weight excluding hydrogens is 462 g/mol. The van der Waals surface area contributed by atoms with Gasteiger partial charge in [0, 0.05) is 16.5 Å². The maximum Gasteiger partial charge on any atom is 0.298 e. The molecule has 1 amide bonds. The van der Waals surface area contributed by atoms with Crippen molar-refractivity contribution in [2.45, 2.75) is 36.9 Å². The number of thioether (sulfide) groups is 1. The highest BCUT2D eigenvalue weighted by molar-refractivity contribution is 7.99. The average molecular weight is 484 g/mol. The number of anilines is 1. The van der Waals surface area contributed by atoms with Gasteiger partial charge in [-0.2, -0.15) is 0 Å². The van der Waals surface area contributed by atoms with Gasteiger partial charge in [-0.3, -0.25) is 14.2 Å². The van der Waals surface area contributed by atoms with Gasteiger partial charge < -0.3 is 14.5 Å². The van der Waals surface area contributed by atoms with Crippen LogP contribution in [-0.2, 0) is 4.79 Å². The first-order chi connectivity index (χ1) is 16.0. The predicted octanol–water partition coefficient (Wildman–Crippen LogP) is 5.65. The van der Waals surface area contributed by atoms with Crippen molar-refractivity contribution in [1.82, 2.24) is 9.55 Å². The zero-order valence-electron chi connectivity index (χ0n) is 18.0. The summed E-state index contributed by atoms with van der Waals surface area (Å²) >= 11 is 7.31. The molecule has 4 aromatic rings. The van der Waals surface area contributed by atoms with Gasteiger partial charge in [-0.05, 0) is 43.2 Å². The van der Waals surface area contributed by atoms with Gasteiger partial charge in [-0.15, -0.1) is 0 Å². The highest BCUT2D eigenvalue weighted by Gasteiger charge is 2.26. The molecular formula is C24H22ClN3O4S. The lowest BCUT2D eigenvalue weighted by molar-refractivity contribution is -0.113. The average Bonchev–Trinajstić information content (AvgIpc) is 3.46. The van der Waals surface area contributed by atoms with Crippen LogP contribution < -0.4 is 15.6 Å². The number of para-hydroxylation sites is 1. The molecule has 0 spiro atoms. The Morgan fingerprint density at radius 2 is 2.06 bits per heavy atom. The normalized spacial score (nSPS) is 14.2. The van der Waals surface area contributed by atoms with E-state index in [1.54, 1.807) is 22.8 Å². The van der Waals surface area contributed by atoms with Crippen LogP contribution >= 0.6 is 23.4 Å². The molecule has 7 nitrogen and oxygen atoms in total. The summed E-state index contributed by atoms with van der Waals surface area (Å²) in [6, 6.07) is 12.6. The second-order valence-corrected chi connectivity index (χ2v) is 9.34. The third-order valence-electron chi connectivity index (χ3n) is 5.85. The lowest BCUT2D eigenvalue weighted by Crippen LogP contribution is -2.26. The third-order valence-corrected chi connectivity index (χ3v) is 7.04. The van der Waals surface area contributed by atoms with Crippen molar-refractivity contribution in [2.75, 3.05) is 18.2 Å². The number of nitrogens with zero attached hydrogens (tertiary/aromatic N) is 2. The van der Waals surface area contributed by atoms with E-state index < -0.39 is 0 Å². The van der Waals surface area contributed by atoms with Crippen molar-refractivity contribution in [3.05, 3.63) is 57.8 Å². The fourth-order valence-corrected chi connectivity index (χ4v) is 5.35. The predicted molar refractivity (Wildman–Crippen MR) is 131 cm³/mol. The van der Waals surface area contributed by atoms with Gasteiger partial charge in [-0.25, -0.2) is 4.98 Å². The monoisotopic (exact) mass is 483 g/mol. The second-order valence-electron chi connectivity index (χ2n) is 7.97. The van der Waals surface area contributed by atoms with Gasteiger partial charge in [0.25, 0.3) is 5.56 Å². The lowest BCUT2D eigenvalue weighted by atomic mass is 10.2. The zero-order chi connectivity index (χ0) is 22.9. The van der Waals surface area contributed by atoms with Crippen molar-refractivity contribution < 1.29 is 13.9 Å². The molecule has 33 heavy (non-hydrogen) atoms. The van der Waals surface area contributed by atoms with Crippen LogP contribution in [-0.4, -0.2) is 28.3 Å². The highest BCUT2D eigenvalue weighted by atomic mass is 35.5. The van der Waals surface area contributed by atoms with Crippen LogP contribution in [0.4, 0.5) is 5.69 Å². The van der Waals surface area contributed by atoms with Gasteiger partial charge in [-0.1, -0.05) is 48.3 Å². The number of amides is 1. The topological polar surface area (TPSA) is 86.4 Å². The summed E-state index contributed by atoms with van der Waals surface area (Å²) in [7, 11) is 1.53. The molecule has 1 saturated carbocycles. The summed E-state index contributed by atoms with van der Waals surface area (Å²) in [6.45, 7) is 0. The maximum atomic E-state index is 13.4. The maximum absolute atomic E-state index is 13.4. The molecule has 1 aliphatic carbocycles. The van der Waals surface area contributed by atoms with Crippen molar-refractivity contribution in [2.24, 2.45) is 0 Å². The molecule has 1 N–H and O–H groups in total. The Morgan fingerprint density at radius 3 is 2.85 bits per heavy atom. The Morgan fingerprint density at radius 1 is 1.27 bits per heavy atom. The van der Waals surface area contributed by atoms with Gasteiger partial charge in [0.1, 0.15) is 16.8 Å². The number of ether oxygens (including phenoxy) is 1. The van der Waals surface area contributed by atoms with E-state index in [0.717, 1.165) is 31.1 Å². The van der Waals surface area contributed by atoms with Gasteiger partial charge >= 0.3 is 0 Å². The van der Waals surface area contributed by atoms with Crippen molar-refractivity contribution in [1.29, 1.82) is 0 Å². The Labute approximate surface area is 199 Å². The molecule has 1 aliphatic rings. The number of furan rings is 1. The Bertz CT molecular complexity index is 1410. The minimum Gasteiger partial charge on any atom is -0.495 e. The van der Waals surface area contributed by atoms with E-state index in [-0.39, 0.29) is 28.8 Å². The van der Waals surface area contributed by atoms with E-state index in [1.165, 1.54) is 18.9 Å². The number of rotatable bonds is 6. The van der Waals surface area contributed by atoms with E-state index in [0.29, 0.717) is 32.7 Å². The van der Waals surface area contributed by atoms with Crippen LogP contribution in [0.25, 0.3) is 22.1 Å². The molecule has 0 saturated heterocycles. The van der Waals surface area contributed by atoms with Gasteiger partial charge in [0.05, 0.1) is 18.6 Å². The molecule has 0 aliphatic heterocycles. The SMILES string of the molecule is COc1ccc(Cl)cc1NC(=O)CSc1nc2c(oc3ccccc32)c(=O)n1C1CCCC1. The summed E-state index contributed by atoms with van der Waals surface area (Å²) in [5.41, 5.74) is 1.73. The fraction of sp³-hybridized carbons (Fsp3) is 0.292. The molecule has 5 rings (SSSR count). The number of hydrogen-bond donors (Lipinski definition) is 1. The number of aromatic nitrogens is 2. The largest absolute Gasteiger partial charge is 0.495 e. The van der Waals surface area contributed by atoms with Crippen molar-refractivity contribution in [3.8, 4) is 5.75 Å². The van der Waals surface area contributed by atoms with Gasteiger partial charge in [0.2, 0.25) is 11.5 Å². The van der Waals surface area contributed by atoms with E-state index in [4.69, 9.17) is 25.7 Å². The number of nitrogens with one attached hydrogen (secondary N) is 1. The standard InChI is InChI=1S/C24H22ClN3O4S/c1-31-19-11-10-14(25)12-17(19)26-20(29)13-33-24-27-21-16-8-4-5-9-18(16)32-22(21)23(30)28(24)15-6-2-3-7-15/h4-5,8-12,15H,2-3,6-7,13H2,1H3,(H,26,29). The molecule has 9 heteroatoms. The van der Waals surface area contributed by atoms with Crippen LogP contribution in [0, 0.1) is 0 Å². The number of carbonyl (C=O) groups is 1. The molecule has 1 fully saturated rings. The van der Waals surface area contributed by atoms with Crippen LogP contribution in [0.3, 0.4) is 0 Å². The minimum atomic E-state index is -0.245. The fourth-order valence-electron chi connectivity index (χ4n) is 4.31. The van der Waals surface area contributed by atoms with E-state index in [2.05, 4.69) is 5.32 Å². The molecule has 2 heterocycles. The quantitative estimate of drug-likeness (QED) is 0.281. The molecule has 0 atom stereocenters. The molecule has 0 unspecified atom stereocenters. The second kappa shape index (κ2) is 9.11.